The van der Waals surface area contributed by atoms with Gasteiger partial charge in [-0.15, -0.1) is 0 Å². The number of carboxylic acid groups (broad SMARTS) is 1. The standard InChI is InChI=1S/C16H21NO6/c1-10(18)22-12-7-5-6-11(8-12)9-13(14(19)20)17-15(21)23-16(2,3)4/h5-8,13H,9H2,1-4H3,(H,17,21)(H,19,20). The lowest BCUT2D eigenvalue weighted by Crippen LogP contribution is -2.44. The van der Waals surface area contributed by atoms with E-state index < -0.39 is 29.7 Å². The van der Waals surface area contributed by atoms with Gasteiger partial charge in [0.2, 0.25) is 0 Å². The molecule has 1 atom stereocenters. The van der Waals surface area contributed by atoms with Gasteiger partial charge in [-0.05, 0) is 38.5 Å². The smallest absolute Gasteiger partial charge is 0.408 e. The third-order valence-corrected chi connectivity index (χ3v) is 2.59. The van der Waals surface area contributed by atoms with Gasteiger partial charge in [0.1, 0.15) is 17.4 Å². The van der Waals surface area contributed by atoms with Crippen molar-refractivity contribution in [3.63, 3.8) is 0 Å². The predicted octanol–water partition coefficient (Wildman–Crippen LogP) is 2.13. The second kappa shape index (κ2) is 7.62. The Morgan fingerprint density at radius 1 is 1.26 bits per heavy atom. The summed E-state index contributed by atoms with van der Waals surface area (Å²) in [6.07, 6.45) is -0.773. The van der Waals surface area contributed by atoms with Crippen LogP contribution in [0.4, 0.5) is 4.79 Å². The van der Waals surface area contributed by atoms with Gasteiger partial charge in [-0.25, -0.2) is 9.59 Å². The summed E-state index contributed by atoms with van der Waals surface area (Å²) >= 11 is 0. The van der Waals surface area contributed by atoms with Crippen LogP contribution in [0.1, 0.15) is 33.3 Å². The first kappa shape index (κ1) is 18.5. The molecule has 0 heterocycles. The average Bonchev–Trinajstić information content (AvgIpc) is 2.35. The number of hydrogen-bond donors (Lipinski definition) is 2. The molecule has 7 heteroatoms. The third kappa shape index (κ3) is 7.30. The maximum absolute atomic E-state index is 11.7. The van der Waals surface area contributed by atoms with E-state index in [2.05, 4.69) is 5.32 Å². The number of benzene rings is 1. The van der Waals surface area contributed by atoms with Crippen LogP contribution in [0, 0.1) is 0 Å². The maximum atomic E-state index is 11.7. The molecule has 0 aliphatic rings. The van der Waals surface area contributed by atoms with Crippen molar-refractivity contribution in [2.45, 2.75) is 45.8 Å². The Balaban J connectivity index is 2.78. The highest BCUT2D eigenvalue weighted by molar-refractivity contribution is 5.80. The lowest BCUT2D eigenvalue weighted by atomic mass is 10.1. The molecule has 1 unspecified atom stereocenters. The van der Waals surface area contributed by atoms with E-state index in [9.17, 15) is 19.5 Å². The Hall–Kier alpha value is -2.57. The van der Waals surface area contributed by atoms with Crippen LogP contribution in [0.3, 0.4) is 0 Å². The van der Waals surface area contributed by atoms with Crippen molar-refractivity contribution in [2.24, 2.45) is 0 Å². The second-order valence-electron chi connectivity index (χ2n) is 5.98. The number of carbonyl (C=O) groups excluding carboxylic acids is 2. The van der Waals surface area contributed by atoms with Gasteiger partial charge in [-0.1, -0.05) is 12.1 Å². The number of rotatable bonds is 5. The fraction of sp³-hybridized carbons (Fsp3) is 0.438. The van der Waals surface area contributed by atoms with E-state index >= 15 is 0 Å². The minimum absolute atomic E-state index is 0.0314. The fourth-order valence-electron chi connectivity index (χ4n) is 1.79. The van der Waals surface area contributed by atoms with E-state index in [0.29, 0.717) is 11.3 Å². The number of nitrogens with one attached hydrogen (secondary N) is 1. The molecule has 2 N–H and O–H groups in total. The van der Waals surface area contributed by atoms with Gasteiger partial charge < -0.3 is 19.9 Å². The quantitative estimate of drug-likeness (QED) is 0.636. The first-order valence-electron chi connectivity index (χ1n) is 7.06. The first-order chi connectivity index (χ1) is 10.6. The van der Waals surface area contributed by atoms with E-state index in [4.69, 9.17) is 9.47 Å². The van der Waals surface area contributed by atoms with Crippen molar-refractivity contribution >= 4 is 18.0 Å². The van der Waals surface area contributed by atoms with Crippen molar-refractivity contribution in [2.75, 3.05) is 0 Å². The normalized spacial score (nSPS) is 12.2. The maximum Gasteiger partial charge on any atom is 0.408 e. The van der Waals surface area contributed by atoms with Crippen LogP contribution in [-0.2, 0) is 20.7 Å². The first-order valence-corrected chi connectivity index (χ1v) is 7.06. The van der Waals surface area contributed by atoms with E-state index in [1.165, 1.54) is 6.92 Å². The largest absolute Gasteiger partial charge is 0.480 e. The van der Waals surface area contributed by atoms with Gasteiger partial charge in [-0.3, -0.25) is 4.79 Å². The molecule has 0 bridgehead atoms. The molecular weight excluding hydrogens is 302 g/mol. The minimum atomic E-state index is -1.19. The van der Waals surface area contributed by atoms with Crippen LogP contribution in [0.2, 0.25) is 0 Å². The summed E-state index contributed by atoms with van der Waals surface area (Å²) in [5, 5.41) is 11.6. The molecule has 126 valence electrons. The summed E-state index contributed by atoms with van der Waals surface area (Å²) in [5.41, 5.74) is -0.116. The Morgan fingerprint density at radius 3 is 2.43 bits per heavy atom. The molecule has 0 aliphatic carbocycles. The van der Waals surface area contributed by atoms with Gasteiger partial charge in [0.25, 0.3) is 0 Å². The third-order valence-electron chi connectivity index (χ3n) is 2.59. The number of aliphatic carboxylic acids is 1. The molecule has 1 amide bonds. The van der Waals surface area contributed by atoms with Crippen molar-refractivity contribution in [3.8, 4) is 5.75 Å². The second-order valence-corrected chi connectivity index (χ2v) is 5.98. The zero-order valence-corrected chi connectivity index (χ0v) is 13.6. The molecule has 23 heavy (non-hydrogen) atoms. The van der Waals surface area contributed by atoms with Crippen LogP contribution in [0.5, 0.6) is 5.75 Å². The molecule has 1 aromatic carbocycles. The number of ether oxygens (including phenoxy) is 2. The molecule has 7 nitrogen and oxygen atoms in total. The summed E-state index contributed by atoms with van der Waals surface area (Å²) in [6.45, 7) is 6.33. The van der Waals surface area contributed by atoms with E-state index in [0.717, 1.165) is 0 Å². The lowest BCUT2D eigenvalue weighted by Gasteiger charge is -2.22. The van der Waals surface area contributed by atoms with Gasteiger partial charge in [-0.2, -0.15) is 0 Å². The molecule has 0 aromatic heterocycles. The monoisotopic (exact) mass is 323 g/mol. The Morgan fingerprint density at radius 2 is 1.91 bits per heavy atom. The van der Waals surface area contributed by atoms with Crippen molar-refractivity contribution in [3.05, 3.63) is 29.8 Å². The summed E-state index contributed by atoms with van der Waals surface area (Å²) in [5.74, 6) is -1.34. The highest BCUT2D eigenvalue weighted by atomic mass is 16.6. The van der Waals surface area contributed by atoms with Crippen molar-refractivity contribution in [1.29, 1.82) is 0 Å². The van der Waals surface area contributed by atoms with Gasteiger partial charge in [0, 0.05) is 13.3 Å². The van der Waals surface area contributed by atoms with Gasteiger partial charge in [0.05, 0.1) is 0 Å². The van der Waals surface area contributed by atoms with Crippen LogP contribution >= 0.6 is 0 Å². The number of hydrogen-bond acceptors (Lipinski definition) is 5. The van der Waals surface area contributed by atoms with Crippen LogP contribution < -0.4 is 10.1 Å². The number of carbonyl (C=O) groups is 3. The van der Waals surface area contributed by atoms with Crippen LogP contribution in [0.25, 0.3) is 0 Å². The van der Waals surface area contributed by atoms with Crippen LogP contribution in [-0.4, -0.2) is 34.8 Å². The molecule has 0 saturated heterocycles. The van der Waals surface area contributed by atoms with E-state index in [1.54, 1.807) is 45.0 Å². The van der Waals surface area contributed by atoms with Gasteiger partial charge >= 0.3 is 18.0 Å². The average molecular weight is 323 g/mol. The lowest BCUT2D eigenvalue weighted by molar-refractivity contribution is -0.139. The molecule has 0 spiro atoms. The SMILES string of the molecule is CC(=O)Oc1cccc(CC(NC(=O)OC(C)(C)C)C(=O)O)c1. The molecule has 1 rings (SSSR count). The summed E-state index contributed by atoms with van der Waals surface area (Å²) in [4.78, 5) is 34.0. The number of alkyl carbamates (subject to hydrolysis) is 1. The Labute approximate surface area is 134 Å². The summed E-state index contributed by atoms with van der Waals surface area (Å²) < 4.78 is 10.00. The fourth-order valence-corrected chi connectivity index (χ4v) is 1.79. The topological polar surface area (TPSA) is 102 Å². The molecular formula is C16H21NO6. The van der Waals surface area contributed by atoms with Gasteiger partial charge in [0.15, 0.2) is 0 Å². The number of amides is 1. The zero-order valence-electron chi connectivity index (χ0n) is 13.6. The molecule has 0 aliphatic heterocycles. The molecule has 0 saturated carbocycles. The summed E-state index contributed by atoms with van der Waals surface area (Å²) in [6, 6.07) is 5.30. The van der Waals surface area contributed by atoms with E-state index in [1.807, 2.05) is 0 Å². The predicted molar refractivity (Wildman–Crippen MR) is 82.2 cm³/mol. The van der Waals surface area contributed by atoms with Crippen LogP contribution in [0.15, 0.2) is 24.3 Å². The summed E-state index contributed by atoms with van der Waals surface area (Å²) in [7, 11) is 0. The highest BCUT2D eigenvalue weighted by Gasteiger charge is 2.24. The minimum Gasteiger partial charge on any atom is -0.480 e. The molecule has 0 radical (unpaired) electrons. The molecule has 0 fully saturated rings. The Bertz CT molecular complexity index is 590. The zero-order chi connectivity index (χ0) is 17.6. The number of carboxylic acids is 1. The highest BCUT2D eigenvalue weighted by Crippen LogP contribution is 2.15. The molecule has 1 aromatic rings. The van der Waals surface area contributed by atoms with E-state index in [-0.39, 0.29) is 6.42 Å². The van der Waals surface area contributed by atoms with Crippen molar-refractivity contribution in [1.82, 2.24) is 5.32 Å². The Kier molecular flexibility index (Phi) is 6.12. The van der Waals surface area contributed by atoms with Crippen molar-refractivity contribution < 1.29 is 29.0 Å². The number of esters is 1.